The number of anilines is 1. The second-order valence-corrected chi connectivity index (χ2v) is 7.95. The smallest absolute Gasteiger partial charge is 0.274 e. The highest BCUT2D eigenvalue weighted by atomic mass is 16.2. The van der Waals surface area contributed by atoms with E-state index in [2.05, 4.69) is 25.1 Å². The highest BCUT2D eigenvalue weighted by Gasteiger charge is 2.33. The number of hydrogen-bond acceptors (Lipinski definition) is 6. The maximum absolute atomic E-state index is 12.9. The second kappa shape index (κ2) is 7.38. The van der Waals surface area contributed by atoms with Gasteiger partial charge in [-0.2, -0.15) is 5.10 Å². The van der Waals surface area contributed by atoms with Gasteiger partial charge in [0.25, 0.3) is 11.5 Å². The predicted molar refractivity (Wildman–Crippen MR) is 106 cm³/mol. The number of fused-ring (bicyclic) bond motifs is 1. The topological polar surface area (TPSA) is 101 Å². The van der Waals surface area contributed by atoms with Gasteiger partial charge in [0.1, 0.15) is 0 Å². The molecule has 1 amide bonds. The van der Waals surface area contributed by atoms with Crippen LogP contribution < -0.4 is 10.5 Å². The van der Waals surface area contributed by atoms with E-state index in [1.165, 1.54) is 6.07 Å². The molecule has 28 heavy (non-hydrogen) atoms. The van der Waals surface area contributed by atoms with Gasteiger partial charge < -0.3 is 9.80 Å². The number of amides is 1. The van der Waals surface area contributed by atoms with Gasteiger partial charge in [-0.15, -0.1) is 0 Å². The highest BCUT2D eigenvalue weighted by Crippen LogP contribution is 2.25. The first-order valence-electron chi connectivity index (χ1n) is 9.75. The maximum Gasteiger partial charge on any atom is 0.274 e. The average molecular weight is 385 g/mol. The summed E-state index contributed by atoms with van der Waals surface area (Å²) < 4.78 is 0. The van der Waals surface area contributed by atoms with Crippen molar-refractivity contribution < 1.29 is 4.79 Å². The lowest BCUT2D eigenvalue weighted by molar-refractivity contribution is 0.0772. The maximum atomic E-state index is 12.9. The van der Waals surface area contributed by atoms with Gasteiger partial charge in [-0.1, -0.05) is 0 Å². The van der Waals surface area contributed by atoms with Crippen LogP contribution in [-0.2, 0) is 19.4 Å². The molecule has 150 valence electrons. The Hall–Kier alpha value is -2.68. The summed E-state index contributed by atoms with van der Waals surface area (Å²) in [6.45, 7) is 1.96. The monoisotopic (exact) mass is 385 g/mol. The molecule has 2 aliphatic rings. The number of H-pyrrole nitrogens is 2. The zero-order chi connectivity index (χ0) is 19.8. The molecule has 1 unspecified atom stereocenters. The second-order valence-electron chi connectivity index (χ2n) is 7.95. The molecule has 1 atom stereocenters. The van der Waals surface area contributed by atoms with Crippen molar-refractivity contribution in [3.8, 4) is 0 Å². The van der Waals surface area contributed by atoms with Crippen molar-refractivity contribution in [1.82, 2.24) is 30.0 Å². The fourth-order valence-corrected chi connectivity index (χ4v) is 4.10. The molecule has 2 N–H and O–H groups in total. The van der Waals surface area contributed by atoms with Crippen LogP contribution in [0.25, 0.3) is 0 Å². The Balaban J connectivity index is 1.41. The molecule has 9 heteroatoms. The Morgan fingerprint density at radius 1 is 1.32 bits per heavy atom. The van der Waals surface area contributed by atoms with Crippen LogP contribution in [0.2, 0.25) is 0 Å². The minimum absolute atomic E-state index is 0.0273. The van der Waals surface area contributed by atoms with Gasteiger partial charge in [0.05, 0.1) is 5.69 Å². The van der Waals surface area contributed by atoms with E-state index in [-0.39, 0.29) is 17.5 Å². The molecule has 1 aliphatic heterocycles. The SMILES string of the molecule is CN(C)c1nc(CN(C)C2CCN(C(=O)c3n[nH]c4c3CCC4)C2)cc(=O)[nH]1. The van der Waals surface area contributed by atoms with E-state index in [4.69, 9.17) is 0 Å². The van der Waals surface area contributed by atoms with E-state index in [1.54, 1.807) is 4.90 Å². The fourth-order valence-electron chi connectivity index (χ4n) is 4.10. The van der Waals surface area contributed by atoms with Gasteiger partial charge in [0.2, 0.25) is 5.95 Å². The number of rotatable bonds is 5. The van der Waals surface area contributed by atoms with Gasteiger partial charge in [0.15, 0.2) is 5.69 Å². The van der Waals surface area contributed by atoms with Crippen molar-refractivity contribution in [2.24, 2.45) is 0 Å². The number of carbonyl (C=O) groups is 1. The summed E-state index contributed by atoms with van der Waals surface area (Å²) in [6.07, 6.45) is 3.91. The van der Waals surface area contributed by atoms with Crippen LogP contribution in [0.1, 0.15) is 40.3 Å². The third-order valence-corrected chi connectivity index (χ3v) is 5.70. The fraction of sp³-hybridized carbons (Fsp3) is 0.579. The van der Waals surface area contributed by atoms with E-state index < -0.39 is 0 Å². The van der Waals surface area contributed by atoms with Crippen LogP contribution in [0.3, 0.4) is 0 Å². The Bertz CT molecular complexity index is 933. The summed E-state index contributed by atoms with van der Waals surface area (Å²) in [6, 6.07) is 1.77. The first kappa shape index (κ1) is 18.7. The van der Waals surface area contributed by atoms with Crippen LogP contribution in [0.5, 0.6) is 0 Å². The van der Waals surface area contributed by atoms with E-state index in [1.807, 2.05) is 26.0 Å². The molecule has 2 aromatic heterocycles. The van der Waals surface area contributed by atoms with Crippen molar-refractivity contribution in [1.29, 1.82) is 0 Å². The van der Waals surface area contributed by atoms with Crippen molar-refractivity contribution in [3.05, 3.63) is 39.1 Å². The van der Waals surface area contributed by atoms with Crippen LogP contribution in [-0.4, -0.2) is 76.1 Å². The summed E-state index contributed by atoms with van der Waals surface area (Å²) in [4.78, 5) is 37.9. The summed E-state index contributed by atoms with van der Waals surface area (Å²) in [5.74, 6) is 0.575. The van der Waals surface area contributed by atoms with E-state index in [0.29, 0.717) is 24.7 Å². The van der Waals surface area contributed by atoms with Crippen LogP contribution in [0, 0.1) is 0 Å². The normalized spacial score (nSPS) is 18.7. The third-order valence-electron chi connectivity index (χ3n) is 5.70. The number of hydrogen-bond donors (Lipinski definition) is 2. The number of aromatic amines is 2. The molecule has 3 heterocycles. The first-order valence-corrected chi connectivity index (χ1v) is 9.75. The molecule has 1 fully saturated rings. The number of likely N-dealkylation sites (N-methyl/N-ethyl adjacent to an activating group) is 1. The van der Waals surface area contributed by atoms with Gasteiger partial charge in [-0.05, 0) is 32.7 Å². The molecule has 0 aromatic carbocycles. The summed E-state index contributed by atoms with van der Waals surface area (Å²) in [5, 5.41) is 7.30. The molecule has 1 aliphatic carbocycles. The standard InChI is InChI=1S/C19H27N7O2/c1-24(2)19-20-12(9-16(27)21-19)10-25(3)13-7-8-26(11-13)18(28)17-14-5-4-6-15(14)22-23-17/h9,13H,4-8,10-11H2,1-3H3,(H,22,23)(H,20,21,27). The number of nitrogens with one attached hydrogen (secondary N) is 2. The van der Waals surface area contributed by atoms with E-state index >= 15 is 0 Å². The van der Waals surface area contributed by atoms with Crippen LogP contribution >= 0.6 is 0 Å². The molecule has 0 radical (unpaired) electrons. The molecule has 0 saturated carbocycles. The highest BCUT2D eigenvalue weighted by molar-refractivity contribution is 5.94. The van der Waals surface area contributed by atoms with Crippen LogP contribution in [0.15, 0.2) is 10.9 Å². The lowest BCUT2D eigenvalue weighted by Gasteiger charge is -2.24. The molecular weight excluding hydrogens is 358 g/mol. The first-order chi connectivity index (χ1) is 13.4. The zero-order valence-corrected chi connectivity index (χ0v) is 16.7. The van der Waals surface area contributed by atoms with Crippen molar-refractivity contribution >= 4 is 11.9 Å². The Kier molecular flexibility index (Phi) is 4.92. The Labute approximate surface area is 163 Å². The van der Waals surface area contributed by atoms with E-state index in [0.717, 1.165) is 49.2 Å². The Morgan fingerprint density at radius 3 is 2.93 bits per heavy atom. The van der Waals surface area contributed by atoms with Crippen LogP contribution in [0.4, 0.5) is 5.95 Å². The number of carbonyl (C=O) groups excluding carboxylic acids is 1. The predicted octanol–water partition coefficient (Wildman–Crippen LogP) is 0.394. The summed E-state index contributed by atoms with van der Waals surface area (Å²) in [7, 11) is 5.71. The van der Waals surface area contributed by atoms with Crippen molar-refractivity contribution in [3.63, 3.8) is 0 Å². The molecule has 9 nitrogen and oxygen atoms in total. The third kappa shape index (κ3) is 3.54. The molecule has 0 spiro atoms. The Morgan fingerprint density at radius 2 is 2.14 bits per heavy atom. The van der Waals surface area contributed by atoms with Crippen molar-refractivity contribution in [2.45, 2.75) is 38.3 Å². The summed E-state index contributed by atoms with van der Waals surface area (Å²) in [5.41, 5.74) is 3.39. The number of aromatic nitrogens is 4. The summed E-state index contributed by atoms with van der Waals surface area (Å²) >= 11 is 0. The molecule has 0 bridgehead atoms. The average Bonchev–Trinajstić information content (AvgIpc) is 3.37. The minimum Gasteiger partial charge on any atom is -0.348 e. The lowest BCUT2D eigenvalue weighted by Crippen LogP contribution is -2.37. The lowest BCUT2D eigenvalue weighted by atomic mass is 10.2. The molecule has 2 aromatic rings. The van der Waals surface area contributed by atoms with Gasteiger partial charge in [0, 0.05) is 57.1 Å². The molecule has 4 rings (SSSR count). The van der Waals surface area contributed by atoms with Gasteiger partial charge in [-0.25, -0.2) is 4.98 Å². The number of likely N-dealkylation sites (tertiary alicyclic amines) is 1. The molecular formula is C19H27N7O2. The largest absolute Gasteiger partial charge is 0.348 e. The number of nitrogens with zero attached hydrogens (tertiary/aromatic N) is 5. The zero-order valence-electron chi connectivity index (χ0n) is 16.7. The number of aryl methyl sites for hydroxylation is 1. The van der Waals surface area contributed by atoms with Gasteiger partial charge >= 0.3 is 0 Å². The van der Waals surface area contributed by atoms with Crippen molar-refractivity contribution in [2.75, 3.05) is 39.1 Å². The van der Waals surface area contributed by atoms with Gasteiger partial charge in [-0.3, -0.25) is 24.6 Å². The molecule has 1 saturated heterocycles. The van der Waals surface area contributed by atoms with E-state index in [9.17, 15) is 9.59 Å². The quantitative estimate of drug-likeness (QED) is 0.772. The minimum atomic E-state index is -0.155.